The maximum Gasteiger partial charge on any atom is 0.148 e. The molecule has 1 N–H and O–H groups in total. The van der Waals surface area contributed by atoms with Crippen molar-refractivity contribution < 1.29 is 4.39 Å². The van der Waals surface area contributed by atoms with Crippen LogP contribution in [0.15, 0.2) is 30.3 Å². The number of nitrogens with one attached hydrogen (secondary N) is 1. The van der Waals surface area contributed by atoms with Gasteiger partial charge in [-0.25, -0.2) is 4.39 Å². The number of fused-ring (bicyclic) bond motifs is 1. The predicted molar refractivity (Wildman–Crippen MR) is 119 cm³/mol. The normalized spacial score (nSPS) is 27.3. The number of halogens is 2. The fourth-order valence-electron chi connectivity index (χ4n) is 5.85. The maximum atomic E-state index is 13.5. The Morgan fingerprint density at radius 1 is 1.00 bits per heavy atom. The van der Waals surface area contributed by atoms with E-state index in [4.69, 9.17) is 11.6 Å². The summed E-state index contributed by atoms with van der Waals surface area (Å²) in [5.74, 6) is 3.02. The van der Waals surface area contributed by atoms with Crippen molar-refractivity contribution in [3.05, 3.63) is 41.2 Å². The molecular formula is C24H30ClFN4. The van der Waals surface area contributed by atoms with E-state index in [0.29, 0.717) is 22.3 Å². The zero-order valence-corrected chi connectivity index (χ0v) is 18.1. The topological polar surface area (TPSA) is 41.0 Å². The lowest BCUT2D eigenvalue weighted by molar-refractivity contribution is 0.221. The summed E-state index contributed by atoms with van der Waals surface area (Å²) in [6.45, 7) is 3.85. The summed E-state index contributed by atoms with van der Waals surface area (Å²) in [5.41, 5.74) is 1.16. The molecule has 1 aromatic heterocycles. The third-order valence-corrected chi connectivity index (χ3v) is 7.62. The second-order valence-corrected chi connectivity index (χ2v) is 9.89. The molecule has 2 aromatic rings. The molecule has 0 amide bonds. The molecule has 30 heavy (non-hydrogen) atoms. The number of hydrogen-bond donors (Lipinski definition) is 1. The van der Waals surface area contributed by atoms with Crippen LogP contribution in [0.4, 0.5) is 10.2 Å². The fraction of sp³-hybridized carbons (Fsp3) is 0.583. The largest absolute Gasteiger partial charge is 0.366 e. The van der Waals surface area contributed by atoms with E-state index in [-0.39, 0.29) is 5.82 Å². The van der Waals surface area contributed by atoms with Crippen molar-refractivity contribution in [3.63, 3.8) is 0 Å². The molecule has 5 rings (SSSR count). The number of nitrogens with zero attached hydrogens (tertiary/aromatic N) is 3. The standard InChI is InChI=1S/C24H30ClFN4/c25-22-7-6-19(26)12-21(22)23-8-9-24(29-28-23)27-20-10-17-14-30(15-18(17)11-20)13-16-4-2-1-3-5-16/h6-9,12,16-18,20H,1-5,10-11,13-15H2,(H,27,29)/t17-,18+,20-. The average Bonchev–Trinajstić information content (AvgIpc) is 3.29. The van der Waals surface area contributed by atoms with E-state index in [2.05, 4.69) is 20.4 Å². The van der Waals surface area contributed by atoms with Gasteiger partial charge in [0.05, 0.1) is 10.7 Å². The smallest absolute Gasteiger partial charge is 0.148 e. The number of hydrogen-bond acceptors (Lipinski definition) is 4. The summed E-state index contributed by atoms with van der Waals surface area (Å²) >= 11 is 6.18. The van der Waals surface area contributed by atoms with E-state index < -0.39 is 0 Å². The summed E-state index contributed by atoms with van der Waals surface area (Å²) in [7, 11) is 0. The Morgan fingerprint density at radius 3 is 2.47 bits per heavy atom. The number of anilines is 1. The van der Waals surface area contributed by atoms with Crippen molar-refractivity contribution >= 4 is 17.4 Å². The van der Waals surface area contributed by atoms with E-state index >= 15 is 0 Å². The van der Waals surface area contributed by atoms with E-state index in [9.17, 15) is 4.39 Å². The third-order valence-electron chi connectivity index (χ3n) is 7.29. The highest BCUT2D eigenvalue weighted by atomic mass is 35.5. The van der Waals surface area contributed by atoms with Crippen LogP contribution in [0, 0.1) is 23.6 Å². The van der Waals surface area contributed by atoms with Crippen molar-refractivity contribution in [1.29, 1.82) is 0 Å². The first kappa shape index (κ1) is 20.2. The van der Waals surface area contributed by atoms with E-state index in [1.165, 1.54) is 76.7 Å². The molecule has 3 fully saturated rings. The van der Waals surface area contributed by atoms with Crippen LogP contribution < -0.4 is 5.32 Å². The second-order valence-electron chi connectivity index (χ2n) is 9.48. The lowest BCUT2D eigenvalue weighted by atomic mass is 9.89. The molecule has 1 saturated heterocycles. The Kier molecular flexibility index (Phi) is 5.92. The van der Waals surface area contributed by atoms with Crippen molar-refractivity contribution in [2.45, 2.75) is 51.0 Å². The van der Waals surface area contributed by atoms with Crippen LogP contribution in [0.5, 0.6) is 0 Å². The number of aromatic nitrogens is 2. The number of rotatable bonds is 5. The van der Waals surface area contributed by atoms with E-state index in [0.717, 1.165) is 23.6 Å². The maximum absolute atomic E-state index is 13.5. The Hall–Kier alpha value is -1.72. The second kappa shape index (κ2) is 8.80. The Morgan fingerprint density at radius 2 is 1.77 bits per heavy atom. The molecule has 4 nitrogen and oxygen atoms in total. The summed E-state index contributed by atoms with van der Waals surface area (Å²) in [6, 6.07) is 8.55. The van der Waals surface area contributed by atoms with Gasteiger partial charge in [0.1, 0.15) is 11.6 Å². The minimum atomic E-state index is -0.326. The molecule has 2 aliphatic carbocycles. The molecule has 160 valence electrons. The van der Waals surface area contributed by atoms with Gasteiger partial charge < -0.3 is 10.2 Å². The van der Waals surface area contributed by atoms with Gasteiger partial charge in [0.15, 0.2) is 0 Å². The quantitative estimate of drug-likeness (QED) is 0.669. The van der Waals surface area contributed by atoms with Crippen LogP contribution in [0.3, 0.4) is 0 Å². The van der Waals surface area contributed by atoms with Crippen LogP contribution in [0.1, 0.15) is 44.9 Å². The van der Waals surface area contributed by atoms with Gasteiger partial charge in [-0.1, -0.05) is 30.9 Å². The fourth-order valence-corrected chi connectivity index (χ4v) is 6.07. The lowest BCUT2D eigenvalue weighted by Gasteiger charge is -2.27. The highest BCUT2D eigenvalue weighted by Crippen LogP contribution is 2.40. The average molecular weight is 429 g/mol. The van der Waals surface area contributed by atoms with Crippen LogP contribution in [-0.2, 0) is 0 Å². The van der Waals surface area contributed by atoms with Gasteiger partial charge in [-0.3, -0.25) is 0 Å². The monoisotopic (exact) mass is 428 g/mol. The highest BCUT2D eigenvalue weighted by molar-refractivity contribution is 6.33. The van der Waals surface area contributed by atoms with Gasteiger partial charge in [-0.2, -0.15) is 0 Å². The van der Waals surface area contributed by atoms with E-state index in [1.54, 1.807) is 6.07 Å². The van der Waals surface area contributed by atoms with Crippen LogP contribution in [0.25, 0.3) is 11.3 Å². The van der Waals surface area contributed by atoms with Gasteiger partial charge in [-0.05, 0) is 73.8 Å². The summed E-state index contributed by atoms with van der Waals surface area (Å²) in [4.78, 5) is 2.73. The molecule has 2 heterocycles. The molecule has 3 atom stereocenters. The minimum absolute atomic E-state index is 0.326. The molecule has 1 aromatic carbocycles. The van der Waals surface area contributed by atoms with Crippen LogP contribution in [-0.4, -0.2) is 40.8 Å². The summed E-state index contributed by atoms with van der Waals surface area (Å²) in [5, 5.41) is 12.6. The zero-order chi connectivity index (χ0) is 20.5. The SMILES string of the molecule is Fc1ccc(Cl)c(-c2ccc(N[C@@H]3C[C@@H]4CN(CC5CCCCC5)C[C@@H]4C3)nn2)c1. The first-order chi connectivity index (χ1) is 14.6. The summed E-state index contributed by atoms with van der Waals surface area (Å²) < 4.78 is 13.5. The highest BCUT2D eigenvalue weighted by Gasteiger charge is 2.41. The van der Waals surface area contributed by atoms with Crippen molar-refractivity contribution in [2.24, 2.45) is 17.8 Å². The number of likely N-dealkylation sites (tertiary alicyclic amines) is 1. The molecule has 0 spiro atoms. The molecule has 6 heteroatoms. The third kappa shape index (κ3) is 4.47. The lowest BCUT2D eigenvalue weighted by Crippen LogP contribution is -2.30. The first-order valence-electron chi connectivity index (χ1n) is 11.4. The molecule has 0 unspecified atom stereocenters. The molecule has 0 radical (unpaired) electrons. The van der Waals surface area contributed by atoms with Gasteiger partial charge in [0, 0.05) is 31.2 Å². The molecule has 3 aliphatic rings. The van der Waals surface area contributed by atoms with Gasteiger partial charge in [0.25, 0.3) is 0 Å². The van der Waals surface area contributed by atoms with Crippen molar-refractivity contribution in [3.8, 4) is 11.3 Å². The van der Waals surface area contributed by atoms with Gasteiger partial charge >= 0.3 is 0 Å². The predicted octanol–water partition coefficient (Wildman–Crippen LogP) is 5.64. The Labute approximate surface area is 183 Å². The molecule has 0 bridgehead atoms. The van der Waals surface area contributed by atoms with Crippen LogP contribution in [0.2, 0.25) is 5.02 Å². The van der Waals surface area contributed by atoms with Crippen molar-refractivity contribution in [2.75, 3.05) is 25.0 Å². The molecule has 2 saturated carbocycles. The first-order valence-corrected chi connectivity index (χ1v) is 11.8. The zero-order valence-electron chi connectivity index (χ0n) is 17.4. The minimum Gasteiger partial charge on any atom is -0.366 e. The van der Waals surface area contributed by atoms with Crippen LogP contribution >= 0.6 is 11.6 Å². The van der Waals surface area contributed by atoms with Gasteiger partial charge in [0.2, 0.25) is 0 Å². The Bertz CT molecular complexity index is 854. The number of benzene rings is 1. The Balaban J connectivity index is 1.14. The van der Waals surface area contributed by atoms with E-state index in [1.807, 2.05) is 12.1 Å². The molecular weight excluding hydrogens is 399 g/mol. The summed E-state index contributed by atoms with van der Waals surface area (Å²) in [6.07, 6.45) is 9.60. The van der Waals surface area contributed by atoms with Gasteiger partial charge in [-0.15, -0.1) is 10.2 Å². The van der Waals surface area contributed by atoms with Crippen molar-refractivity contribution in [1.82, 2.24) is 15.1 Å². The molecule has 1 aliphatic heterocycles.